The maximum atomic E-state index is 12.1. The summed E-state index contributed by atoms with van der Waals surface area (Å²) in [5.41, 5.74) is 6.74. The van der Waals surface area contributed by atoms with E-state index in [1.807, 2.05) is 10.9 Å². The van der Waals surface area contributed by atoms with Crippen molar-refractivity contribution in [2.24, 2.45) is 17.6 Å². The molecule has 1 atom stereocenters. The molecular formula is C14H25ClN4O2. The smallest absolute Gasteiger partial charge is 0.241 e. The van der Waals surface area contributed by atoms with Crippen molar-refractivity contribution in [3.8, 4) is 0 Å². The minimum atomic E-state index is -0.479. The average Bonchev–Trinajstić information content (AvgIpc) is 2.85. The van der Waals surface area contributed by atoms with Gasteiger partial charge < -0.3 is 15.8 Å². The molecule has 1 amide bonds. The highest BCUT2D eigenvalue weighted by molar-refractivity contribution is 5.94. The van der Waals surface area contributed by atoms with Crippen LogP contribution in [0.5, 0.6) is 0 Å². The van der Waals surface area contributed by atoms with E-state index in [0.29, 0.717) is 24.8 Å². The number of rotatable bonds is 5. The third kappa shape index (κ3) is 5.30. The highest BCUT2D eigenvalue weighted by atomic mass is 35.5. The number of amides is 1. The van der Waals surface area contributed by atoms with E-state index in [-0.39, 0.29) is 24.2 Å². The molecule has 0 radical (unpaired) electrons. The predicted molar refractivity (Wildman–Crippen MR) is 84.5 cm³/mol. The van der Waals surface area contributed by atoms with E-state index >= 15 is 0 Å². The Morgan fingerprint density at radius 3 is 2.81 bits per heavy atom. The monoisotopic (exact) mass is 316 g/mol. The lowest BCUT2D eigenvalue weighted by atomic mass is 9.92. The van der Waals surface area contributed by atoms with Gasteiger partial charge in [-0.3, -0.25) is 9.48 Å². The van der Waals surface area contributed by atoms with Crippen LogP contribution in [0, 0.1) is 11.8 Å². The Morgan fingerprint density at radius 2 is 2.19 bits per heavy atom. The minimum Gasteiger partial charge on any atom is -0.381 e. The summed E-state index contributed by atoms with van der Waals surface area (Å²) in [6, 6.07) is -0.479. The van der Waals surface area contributed by atoms with Gasteiger partial charge in [-0.05, 0) is 24.7 Å². The van der Waals surface area contributed by atoms with Crippen LogP contribution in [-0.4, -0.2) is 34.9 Å². The third-order valence-corrected chi connectivity index (χ3v) is 3.53. The first-order valence-corrected chi connectivity index (χ1v) is 7.23. The zero-order valence-electron chi connectivity index (χ0n) is 12.6. The lowest BCUT2D eigenvalue weighted by Gasteiger charge is -2.26. The number of nitrogens with zero attached hydrogens (tertiary/aromatic N) is 2. The molecule has 0 spiro atoms. The molecule has 2 rings (SSSR count). The van der Waals surface area contributed by atoms with Crippen molar-refractivity contribution in [2.45, 2.75) is 39.3 Å². The van der Waals surface area contributed by atoms with Crippen molar-refractivity contribution >= 4 is 24.0 Å². The van der Waals surface area contributed by atoms with E-state index in [4.69, 9.17) is 10.5 Å². The van der Waals surface area contributed by atoms with E-state index in [0.717, 1.165) is 19.4 Å². The summed E-state index contributed by atoms with van der Waals surface area (Å²) in [5, 5.41) is 7.07. The van der Waals surface area contributed by atoms with Crippen molar-refractivity contribution in [3.63, 3.8) is 0 Å². The number of halogens is 1. The summed E-state index contributed by atoms with van der Waals surface area (Å²) in [4.78, 5) is 12.1. The molecule has 1 aromatic rings. The third-order valence-electron chi connectivity index (χ3n) is 3.53. The maximum Gasteiger partial charge on any atom is 0.241 e. The SMILES string of the molecule is CC(C)Cn1cc(NC(=O)C(N)C2CCOCC2)cn1.Cl. The topological polar surface area (TPSA) is 82.2 Å². The first-order valence-electron chi connectivity index (χ1n) is 7.23. The van der Waals surface area contributed by atoms with Gasteiger partial charge in [-0.2, -0.15) is 5.10 Å². The number of aromatic nitrogens is 2. The Balaban J connectivity index is 0.00000220. The van der Waals surface area contributed by atoms with Crippen molar-refractivity contribution in [1.29, 1.82) is 0 Å². The summed E-state index contributed by atoms with van der Waals surface area (Å²) >= 11 is 0. The Kier molecular flexibility index (Phi) is 7.14. The van der Waals surface area contributed by atoms with Gasteiger partial charge in [-0.1, -0.05) is 13.8 Å². The first-order chi connectivity index (χ1) is 9.56. The number of carbonyl (C=O) groups is 1. The Morgan fingerprint density at radius 1 is 1.52 bits per heavy atom. The molecule has 0 saturated carbocycles. The molecule has 1 aromatic heterocycles. The molecule has 2 heterocycles. The first kappa shape index (κ1) is 17.9. The molecule has 1 saturated heterocycles. The number of nitrogens with two attached hydrogens (primary N) is 1. The van der Waals surface area contributed by atoms with E-state index < -0.39 is 6.04 Å². The maximum absolute atomic E-state index is 12.1. The van der Waals surface area contributed by atoms with Crippen LogP contribution in [0.3, 0.4) is 0 Å². The van der Waals surface area contributed by atoms with Crippen LogP contribution >= 0.6 is 12.4 Å². The van der Waals surface area contributed by atoms with E-state index in [9.17, 15) is 4.79 Å². The van der Waals surface area contributed by atoms with Crippen LogP contribution < -0.4 is 11.1 Å². The molecule has 6 nitrogen and oxygen atoms in total. The molecule has 0 bridgehead atoms. The second-order valence-electron chi connectivity index (χ2n) is 5.81. The van der Waals surface area contributed by atoms with Gasteiger partial charge in [0.2, 0.25) is 5.91 Å². The summed E-state index contributed by atoms with van der Waals surface area (Å²) in [6.07, 6.45) is 5.20. The van der Waals surface area contributed by atoms with Crippen LogP contribution in [0.4, 0.5) is 5.69 Å². The Labute approximate surface area is 131 Å². The number of anilines is 1. The van der Waals surface area contributed by atoms with Crippen molar-refractivity contribution in [1.82, 2.24) is 9.78 Å². The van der Waals surface area contributed by atoms with Gasteiger partial charge in [0.25, 0.3) is 0 Å². The van der Waals surface area contributed by atoms with E-state index in [1.165, 1.54) is 0 Å². The molecule has 7 heteroatoms. The van der Waals surface area contributed by atoms with Gasteiger partial charge >= 0.3 is 0 Å². The van der Waals surface area contributed by atoms with Gasteiger partial charge in [0.05, 0.1) is 17.9 Å². The van der Waals surface area contributed by atoms with E-state index in [2.05, 4.69) is 24.3 Å². The summed E-state index contributed by atoms with van der Waals surface area (Å²) in [7, 11) is 0. The molecule has 1 unspecified atom stereocenters. The second-order valence-corrected chi connectivity index (χ2v) is 5.81. The lowest BCUT2D eigenvalue weighted by Crippen LogP contribution is -2.43. The van der Waals surface area contributed by atoms with Gasteiger partial charge in [0, 0.05) is 26.0 Å². The average molecular weight is 317 g/mol. The minimum absolute atomic E-state index is 0. The van der Waals surface area contributed by atoms with Gasteiger partial charge in [0.15, 0.2) is 0 Å². The van der Waals surface area contributed by atoms with Crippen molar-refractivity contribution in [3.05, 3.63) is 12.4 Å². The normalized spacial score (nSPS) is 17.3. The Bertz CT molecular complexity index is 444. The zero-order chi connectivity index (χ0) is 14.5. The highest BCUT2D eigenvalue weighted by Crippen LogP contribution is 2.18. The number of carbonyl (C=O) groups excluding carboxylic acids is 1. The van der Waals surface area contributed by atoms with Gasteiger partial charge in [-0.15, -0.1) is 12.4 Å². The zero-order valence-corrected chi connectivity index (χ0v) is 13.4. The van der Waals surface area contributed by atoms with Crippen LogP contribution in [-0.2, 0) is 16.1 Å². The van der Waals surface area contributed by atoms with E-state index in [1.54, 1.807) is 6.20 Å². The quantitative estimate of drug-likeness (QED) is 0.865. The fourth-order valence-electron chi connectivity index (χ4n) is 2.42. The number of nitrogens with one attached hydrogen (secondary N) is 1. The van der Waals surface area contributed by atoms with Crippen molar-refractivity contribution < 1.29 is 9.53 Å². The largest absolute Gasteiger partial charge is 0.381 e. The summed E-state index contributed by atoms with van der Waals surface area (Å²) < 4.78 is 7.12. The molecule has 0 aromatic carbocycles. The van der Waals surface area contributed by atoms with Crippen LogP contribution in [0.1, 0.15) is 26.7 Å². The molecule has 1 aliphatic heterocycles. The van der Waals surface area contributed by atoms with Crippen LogP contribution in [0.25, 0.3) is 0 Å². The van der Waals surface area contributed by atoms with Gasteiger partial charge in [-0.25, -0.2) is 0 Å². The molecule has 0 aliphatic carbocycles. The fourth-order valence-corrected chi connectivity index (χ4v) is 2.42. The second kappa shape index (κ2) is 8.36. The molecule has 3 N–H and O–H groups in total. The standard InChI is InChI=1S/C14H24N4O2.ClH/c1-10(2)8-18-9-12(7-16-18)17-14(19)13(15)11-3-5-20-6-4-11;/h7,9-11,13H,3-6,8,15H2,1-2H3,(H,17,19);1H. The molecule has 120 valence electrons. The summed E-state index contributed by atoms with van der Waals surface area (Å²) in [5.74, 6) is 0.582. The molecular weight excluding hydrogens is 292 g/mol. The number of ether oxygens (including phenoxy) is 1. The number of hydrogen-bond acceptors (Lipinski definition) is 4. The molecule has 21 heavy (non-hydrogen) atoms. The van der Waals surface area contributed by atoms with Crippen molar-refractivity contribution in [2.75, 3.05) is 18.5 Å². The highest BCUT2D eigenvalue weighted by Gasteiger charge is 2.26. The predicted octanol–water partition coefficient (Wildman–Crippen LogP) is 1.65. The fraction of sp³-hybridized carbons (Fsp3) is 0.714. The molecule has 1 aliphatic rings. The lowest BCUT2D eigenvalue weighted by molar-refractivity contribution is -0.119. The summed E-state index contributed by atoms with van der Waals surface area (Å²) in [6.45, 7) is 6.47. The Hall–Kier alpha value is -1.11. The van der Waals surface area contributed by atoms with Crippen LogP contribution in [0.2, 0.25) is 0 Å². The van der Waals surface area contributed by atoms with Gasteiger partial charge in [0.1, 0.15) is 0 Å². The molecule has 1 fully saturated rings. The number of hydrogen-bond donors (Lipinski definition) is 2. The van der Waals surface area contributed by atoms with Crippen LogP contribution in [0.15, 0.2) is 12.4 Å².